The van der Waals surface area contributed by atoms with Crippen LogP contribution in [0.1, 0.15) is 22.5 Å². The topological polar surface area (TPSA) is 57.2 Å². The molecule has 0 saturated carbocycles. The van der Waals surface area contributed by atoms with Gasteiger partial charge in [-0.15, -0.1) is 0 Å². The summed E-state index contributed by atoms with van der Waals surface area (Å²) in [5, 5.41) is 9.51. The van der Waals surface area contributed by atoms with Crippen molar-refractivity contribution in [2.24, 2.45) is 0 Å². The number of furan rings is 1. The van der Waals surface area contributed by atoms with Crippen LogP contribution in [-0.2, 0) is 6.54 Å². The van der Waals surface area contributed by atoms with Crippen LogP contribution in [-0.4, -0.2) is 17.4 Å². The Kier molecular flexibility index (Phi) is 5.26. The smallest absolute Gasteiger partial charge is 0.254 e. The first-order chi connectivity index (χ1) is 10.1. The third kappa shape index (κ3) is 4.25. The molecule has 2 aromatic rings. The van der Waals surface area contributed by atoms with Gasteiger partial charge in [0.2, 0.25) is 0 Å². The van der Waals surface area contributed by atoms with E-state index in [2.05, 4.69) is 0 Å². The number of hydrogen-bond donors (Lipinski definition) is 0. The molecule has 0 aliphatic rings. The largest absolute Gasteiger partial charge is 0.467 e. The summed E-state index contributed by atoms with van der Waals surface area (Å²) in [7, 11) is 0. The minimum absolute atomic E-state index is 0.237. The molecular weight excluding hydrogens is 311 g/mol. The molecule has 1 aromatic carbocycles. The van der Waals surface area contributed by atoms with Crippen molar-refractivity contribution in [3.05, 3.63) is 58.0 Å². The molecule has 0 N–H and O–H groups in total. The number of carbonyl (C=O) groups is 1. The fraction of sp³-hybridized carbons (Fsp3) is 0.200. The fourth-order valence-corrected chi connectivity index (χ4v) is 2.41. The average molecular weight is 323 g/mol. The second-order valence-electron chi connectivity index (χ2n) is 4.37. The monoisotopic (exact) mass is 322 g/mol. The standard InChI is InChI=1S/C15H12Cl2N2O2/c16-12-7-11(8-13(17)9-12)15(20)19(5-2-4-18)10-14-3-1-6-21-14/h1,3,6-9H,2,5,10H2. The van der Waals surface area contributed by atoms with E-state index in [0.29, 0.717) is 27.9 Å². The maximum atomic E-state index is 12.5. The zero-order valence-electron chi connectivity index (χ0n) is 11.1. The Balaban J connectivity index is 2.22. The van der Waals surface area contributed by atoms with E-state index in [1.807, 2.05) is 6.07 Å². The van der Waals surface area contributed by atoms with Gasteiger partial charge >= 0.3 is 0 Å². The van der Waals surface area contributed by atoms with Crippen molar-refractivity contribution < 1.29 is 9.21 Å². The van der Waals surface area contributed by atoms with Crippen molar-refractivity contribution in [3.63, 3.8) is 0 Å². The Hall–Kier alpha value is -1.96. The summed E-state index contributed by atoms with van der Waals surface area (Å²) >= 11 is 11.8. The lowest BCUT2D eigenvalue weighted by Crippen LogP contribution is -2.31. The highest BCUT2D eigenvalue weighted by atomic mass is 35.5. The molecule has 2 rings (SSSR count). The summed E-state index contributed by atoms with van der Waals surface area (Å²) in [6, 6.07) is 10.2. The van der Waals surface area contributed by atoms with Crippen LogP contribution in [0, 0.1) is 11.3 Å². The molecule has 0 saturated heterocycles. The number of nitriles is 1. The fourth-order valence-electron chi connectivity index (χ4n) is 1.89. The minimum Gasteiger partial charge on any atom is -0.467 e. The Bertz CT molecular complexity index is 643. The first-order valence-corrected chi connectivity index (χ1v) is 7.00. The zero-order chi connectivity index (χ0) is 15.2. The Labute approximate surface area is 132 Å². The number of rotatable bonds is 5. The summed E-state index contributed by atoms with van der Waals surface area (Å²) in [6.45, 7) is 0.595. The van der Waals surface area contributed by atoms with Gasteiger partial charge in [-0.25, -0.2) is 0 Å². The number of hydrogen-bond acceptors (Lipinski definition) is 3. The molecule has 0 atom stereocenters. The van der Waals surface area contributed by atoms with E-state index in [4.69, 9.17) is 32.9 Å². The second-order valence-corrected chi connectivity index (χ2v) is 5.25. The summed E-state index contributed by atoms with van der Waals surface area (Å²) < 4.78 is 5.25. The molecule has 0 radical (unpaired) electrons. The van der Waals surface area contributed by atoms with Crippen molar-refractivity contribution in [3.8, 4) is 6.07 Å². The van der Waals surface area contributed by atoms with Gasteiger partial charge in [0.05, 0.1) is 25.3 Å². The molecule has 4 nitrogen and oxygen atoms in total. The van der Waals surface area contributed by atoms with Gasteiger partial charge in [-0.05, 0) is 30.3 Å². The molecule has 0 unspecified atom stereocenters. The minimum atomic E-state index is -0.244. The molecular formula is C15H12Cl2N2O2. The van der Waals surface area contributed by atoms with Crippen LogP contribution < -0.4 is 0 Å². The zero-order valence-corrected chi connectivity index (χ0v) is 12.6. The third-order valence-electron chi connectivity index (χ3n) is 2.82. The predicted octanol–water partition coefficient (Wildman–Crippen LogP) is 4.14. The van der Waals surface area contributed by atoms with E-state index in [9.17, 15) is 4.79 Å². The van der Waals surface area contributed by atoms with Crippen LogP contribution in [0.4, 0.5) is 0 Å². The van der Waals surface area contributed by atoms with Crippen LogP contribution in [0.5, 0.6) is 0 Å². The van der Waals surface area contributed by atoms with Crippen LogP contribution >= 0.6 is 23.2 Å². The first kappa shape index (κ1) is 15.4. The van der Waals surface area contributed by atoms with E-state index in [1.165, 1.54) is 4.90 Å². The van der Waals surface area contributed by atoms with Gasteiger partial charge in [-0.1, -0.05) is 23.2 Å². The lowest BCUT2D eigenvalue weighted by atomic mass is 10.2. The summed E-state index contributed by atoms with van der Waals surface area (Å²) in [5.41, 5.74) is 0.386. The predicted molar refractivity (Wildman–Crippen MR) is 80.1 cm³/mol. The second kappa shape index (κ2) is 7.16. The van der Waals surface area contributed by atoms with Gasteiger partial charge in [-0.3, -0.25) is 4.79 Å². The van der Waals surface area contributed by atoms with Crippen LogP contribution in [0.15, 0.2) is 41.0 Å². The highest BCUT2D eigenvalue weighted by Gasteiger charge is 2.18. The van der Waals surface area contributed by atoms with E-state index in [1.54, 1.807) is 36.6 Å². The third-order valence-corrected chi connectivity index (χ3v) is 3.25. The van der Waals surface area contributed by atoms with Gasteiger partial charge < -0.3 is 9.32 Å². The van der Waals surface area contributed by atoms with Crippen molar-refractivity contribution in [2.75, 3.05) is 6.54 Å². The molecule has 1 aromatic heterocycles. The number of nitrogens with zero attached hydrogens (tertiary/aromatic N) is 2. The van der Waals surface area contributed by atoms with Gasteiger partial charge in [-0.2, -0.15) is 5.26 Å². The number of halogens is 2. The lowest BCUT2D eigenvalue weighted by molar-refractivity contribution is 0.0735. The quantitative estimate of drug-likeness (QED) is 0.831. The van der Waals surface area contributed by atoms with Gasteiger partial charge in [0.1, 0.15) is 5.76 Å². The van der Waals surface area contributed by atoms with Crippen LogP contribution in [0.3, 0.4) is 0 Å². The highest BCUT2D eigenvalue weighted by molar-refractivity contribution is 6.35. The Morgan fingerprint density at radius 3 is 2.57 bits per heavy atom. The molecule has 0 bridgehead atoms. The molecule has 21 heavy (non-hydrogen) atoms. The summed E-state index contributed by atoms with van der Waals surface area (Å²) in [4.78, 5) is 14.1. The Morgan fingerprint density at radius 1 is 1.29 bits per heavy atom. The number of benzene rings is 1. The van der Waals surface area contributed by atoms with Crippen molar-refractivity contribution >= 4 is 29.1 Å². The maximum absolute atomic E-state index is 12.5. The van der Waals surface area contributed by atoms with Crippen molar-refractivity contribution in [1.82, 2.24) is 4.90 Å². The number of amides is 1. The van der Waals surface area contributed by atoms with E-state index in [-0.39, 0.29) is 18.9 Å². The molecule has 0 aliphatic carbocycles. The Morgan fingerprint density at radius 2 is 2.00 bits per heavy atom. The van der Waals surface area contributed by atoms with Gasteiger partial charge in [0, 0.05) is 22.2 Å². The summed E-state index contributed by atoms with van der Waals surface area (Å²) in [6.07, 6.45) is 1.78. The van der Waals surface area contributed by atoms with Gasteiger partial charge in [0.15, 0.2) is 0 Å². The van der Waals surface area contributed by atoms with E-state index < -0.39 is 0 Å². The summed E-state index contributed by atoms with van der Waals surface area (Å²) in [5.74, 6) is 0.403. The van der Waals surface area contributed by atoms with E-state index >= 15 is 0 Å². The molecule has 0 fully saturated rings. The molecule has 0 aliphatic heterocycles. The first-order valence-electron chi connectivity index (χ1n) is 6.25. The molecule has 1 heterocycles. The van der Waals surface area contributed by atoms with Gasteiger partial charge in [0.25, 0.3) is 5.91 Å². The highest BCUT2D eigenvalue weighted by Crippen LogP contribution is 2.21. The average Bonchev–Trinajstić information content (AvgIpc) is 2.94. The lowest BCUT2D eigenvalue weighted by Gasteiger charge is -2.20. The van der Waals surface area contributed by atoms with Crippen LogP contribution in [0.2, 0.25) is 10.0 Å². The maximum Gasteiger partial charge on any atom is 0.254 e. The van der Waals surface area contributed by atoms with Crippen LogP contribution in [0.25, 0.3) is 0 Å². The van der Waals surface area contributed by atoms with Crippen molar-refractivity contribution in [1.29, 1.82) is 5.26 Å². The molecule has 6 heteroatoms. The van der Waals surface area contributed by atoms with Crippen molar-refractivity contribution in [2.45, 2.75) is 13.0 Å². The van der Waals surface area contributed by atoms with E-state index in [0.717, 1.165) is 0 Å². The molecule has 108 valence electrons. The normalized spacial score (nSPS) is 10.1. The molecule has 0 spiro atoms. The SMILES string of the molecule is N#CCCN(Cc1ccco1)C(=O)c1cc(Cl)cc(Cl)c1. The molecule has 1 amide bonds. The number of carbonyl (C=O) groups excluding carboxylic acids is 1.